The average molecular weight is 370 g/mol. The maximum absolute atomic E-state index is 12.4. The van der Waals surface area contributed by atoms with Crippen LogP contribution in [0.25, 0.3) is 0 Å². The van der Waals surface area contributed by atoms with Gasteiger partial charge < -0.3 is 15.1 Å². The molecule has 1 aliphatic rings. The summed E-state index contributed by atoms with van der Waals surface area (Å²) < 4.78 is 0. The first-order valence-corrected chi connectivity index (χ1v) is 8.83. The molecule has 0 spiro atoms. The summed E-state index contributed by atoms with van der Waals surface area (Å²) in [6, 6.07) is 6.64. The fraction of sp³-hybridized carbons (Fsp3) is 0.389. The molecule has 1 aliphatic heterocycles. The van der Waals surface area contributed by atoms with Gasteiger partial charge in [0.2, 0.25) is 11.9 Å². The number of anilines is 2. The van der Waals surface area contributed by atoms with Crippen LogP contribution in [-0.2, 0) is 4.79 Å². The lowest BCUT2D eigenvalue weighted by Crippen LogP contribution is -2.49. The number of benzene rings is 1. The van der Waals surface area contributed by atoms with Crippen molar-refractivity contribution in [3.63, 3.8) is 0 Å². The van der Waals surface area contributed by atoms with E-state index in [9.17, 15) is 14.9 Å². The Morgan fingerprint density at radius 1 is 1.22 bits per heavy atom. The second-order valence-electron chi connectivity index (χ2n) is 6.35. The number of nitro groups is 1. The molecule has 1 N–H and O–H groups in total. The van der Waals surface area contributed by atoms with Gasteiger partial charge in [-0.15, -0.1) is 0 Å². The van der Waals surface area contributed by atoms with Gasteiger partial charge in [0.05, 0.1) is 4.92 Å². The minimum Gasteiger partial charge on any atom is -0.385 e. The van der Waals surface area contributed by atoms with E-state index in [1.54, 1.807) is 37.5 Å². The highest BCUT2D eigenvalue weighted by Gasteiger charge is 2.22. The lowest BCUT2D eigenvalue weighted by atomic mass is 10.2. The number of carbonyl (C=O) groups is 1. The Bertz CT molecular complexity index is 806. The van der Waals surface area contributed by atoms with E-state index in [0.717, 1.165) is 5.69 Å². The summed E-state index contributed by atoms with van der Waals surface area (Å²) in [4.78, 5) is 35.2. The van der Waals surface area contributed by atoms with Crippen LogP contribution in [-0.4, -0.2) is 58.4 Å². The maximum Gasteiger partial charge on any atom is 0.272 e. The van der Waals surface area contributed by atoms with Crippen molar-refractivity contribution in [2.24, 2.45) is 0 Å². The van der Waals surface area contributed by atoms with Gasteiger partial charge in [0.15, 0.2) is 0 Å². The predicted octanol–water partition coefficient (Wildman–Crippen LogP) is 1.84. The Kier molecular flexibility index (Phi) is 5.80. The average Bonchev–Trinajstić information content (AvgIpc) is 2.68. The van der Waals surface area contributed by atoms with Crippen LogP contribution in [0.4, 0.5) is 17.3 Å². The van der Waals surface area contributed by atoms with Crippen molar-refractivity contribution < 1.29 is 9.72 Å². The molecule has 142 valence electrons. The van der Waals surface area contributed by atoms with E-state index in [-0.39, 0.29) is 11.6 Å². The lowest BCUT2D eigenvalue weighted by molar-refractivity contribution is -0.385. The minimum absolute atomic E-state index is 0.0924. The van der Waals surface area contributed by atoms with Crippen LogP contribution in [0.3, 0.4) is 0 Å². The van der Waals surface area contributed by atoms with Gasteiger partial charge in [0, 0.05) is 68.9 Å². The quantitative estimate of drug-likeness (QED) is 0.611. The van der Waals surface area contributed by atoms with Gasteiger partial charge in [-0.2, -0.15) is 0 Å². The molecule has 3 rings (SSSR count). The van der Waals surface area contributed by atoms with Crippen LogP contribution in [0, 0.1) is 17.0 Å². The van der Waals surface area contributed by atoms with Crippen molar-refractivity contribution in [3.05, 3.63) is 52.3 Å². The zero-order valence-electron chi connectivity index (χ0n) is 15.2. The van der Waals surface area contributed by atoms with E-state index >= 15 is 0 Å². The molecular formula is C18H22N6O3. The molecule has 9 heteroatoms. The molecule has 1 fully saturated rings. The predicted molar refractivity (Wildman–Crippen MR) is 102 cm³/mol. The molecule has 1 aromatic carbocycles. The van der Waals surface area contributed by atoms with Gasteiger partial charge in [0.1, 0.15) is 0 Å². The third kappa shape index (κ3) is 4.69. The molecule has 0 bridgehead atoms. The molecular weight excluding hydrogens is 348 g/mol. The first-order chi connectivity index (χ1) is 13.0. The van der Waals surface area contributed by atoms with Gasteiger partial charge in [0.25, 0.3) is 5.69 Å². The fourth-order valence-electron chi connectivity index (χ4n) is 3.05. The van der Waals surface area contributed by atoms with Crippen molar-refractivity contribution in [2.75, 3.05) is 42.9 Å². The Balaban J connectivity index is 1.44. The second kappa shape index (κ2) is 8.43. The molecule has 2 heterocycles. The number of rotatable bonds is 6. The molecule has 0 atom stereocenters. The number of hydrogen-bond donors (Lipinski definition) is 1. The monoisotopic (exact) mass is 370 g/mol. The minimum atomic E-state index is -0.400. The largest absolute Gasteiger partial charge is 0.385 e. The van der Waals surface area contributed by atoms with Crippen molar-refractivity contribution >= 4 is 23.2 Å². The topological polar surface area (TPSA) is 104 Å². The number of nitrogens with one attached hydrogen (secondary N) is 1. The molecule has 2 aromatic rings. The number of piperazine rings is 1. The number of aromatic nitrogens is 2. The highest BCUT2D eigenvalue weighted by atomic mass is 16.6. The Morgan fingerprint density at radius 2 is 1.93 bits per heavy atom. The SMILES string of the molecule is Cc1cc(NCCC(=O)N2CCN(c3ncccn3)CC2)ccc1[N+](=O)[O-]. The second-order valence-corrected chi connectivity index (χ2v) is 6.35. The maximum atomic E-state index is 12.4. The molecule has 0 radical (unpaired) electrons. The standard InChI is InChI=1S/C18H22N6O3/c1-14-13-15(3-4-16(14)24(26)27)19-8-5-17(25)22-9-11-23(12-10-22)18-20-6-2-7-21-18/h2-4,6-7,13,19H,5,8-12H2,1H3. The molecule has 0 saturated carbocycles. The first-order valence-electron chi connectivity index (χ1n) is 8.83. The number of nitro benzene ring substituents is 1. The van der Waals surface area contributed by atoms with Gasteiger partial charge in [-0.25, -0.2) is 9.97 Å². The Hall–Kier alpha value is -3.23. The van der Waals surface area contributed by atoms with Gasteiger partial charge in [-0.05, 0) is 25.1 Å². The molecule has 0 aliphatic carbocycles. The fourth-order valence-corrected chi connectivity index (χ4v) is 3.05. The number of carbonyl (C=O) groups excluding carboxylic acids is 1. The first kappa shape index (κ1) is 18.6. The van der Waals surface area contributed by atoms with Crippen LogP contribution in [0.15, 0.2) is 36.7 Å². The molecule has 0 unspecified atom stereocenters. The Morgan fingerprint density at radius 3 is 2.56 bits per heavy atom. The third-order valence-electron chi connectivity index (χ3n) is 4.53. The summed E-state index contributed by atoms with van der Waals surface area (Å²) >= 11 is 0. The number of hydrogen-bond acceptors (Lipinski definition) is 7. The zero-order valence-corrected chi connectivity index (χ0v) is 15.2. The van der Waals surface area contributed by atoms with Crippen molar-refractivity contribution in [1.29, 1.82) is 0 Å². The summed E-state index contributed by atoms with van der Waals surface area (Å²) in [6.45, 7) is 4.90. The van der Waals surface area contributed by atoms with Crippen molar-refractivity contribution in [2.45, 2.75) is 13.3 Å². The zero-order chi connectivity index (χ0) is 19.2. The van der Waals surface area contributed by atoms with E-state index < -0.39 is 4.92 Å². The van der Waals surface area contributed by atoms with Gasteiger partial charge in [-0.1, -0.05) is 0 Å². The number of aryl methyl sites for hydroxylation is 1. The molecule has 9 nitrogen and oxygen atoms in total. The summed E-state index contributed by atoms with van der Waals surface area (Å²) in [5.74, 6) is 0.787. The van der Waals surface area contributed by atoms with E-state index in [2.05, 4.69) is 20.2 Å². The van der Waals surface area contributed by atoms with Crippen LogP contribution >= 0.6 is 0 Å². The molecule has 1 aromatic heterocycles. The van der Waals surface area contributed by atoms with E-state index in [1.807, 2.05) is 4.90 Å². The summed E-state index contributed by atoms with van der Waals surface area (Å²) in [5, 5.41) is 14.0. The highest BCUT2D eigenvalue weighted by Crippen LogP contribution is 2.21. The van der Waals surface area contributed by atoms with Gasteiger partial charge >= 0.3 is 0 Å². The van der Waals surface area contributed by atoms with E-state index in [1.165, 1.54) is 6.07 Å². The lowest BCUT2D eigenvalue weighted by Gasteiger charge is -2.34. The summed E-state index contributed by atoms with van der Waals surface area (Å²) in [5.41, 5.74) is 1.46. The number of amides is 1. The normalized spacial score (nSPS) is 14.1. The van der Waals surface area contributed by atoms with E-state index in [0.29, 0.717) is 50.7 Å². The van der Waals surface area contributed by atoms with Crippen molar-refractivity contribution in [3.8, 4) is 0 Å². The number of nitrogens with zero attached hydrogens (tertiary/aromatic N) is 5. The highest BCUT2D eigenvalue weighted by molar-refractivity contribution is 5.77. The van der Waals surface area contributed by atoms with Crippen LogP contribution in [0.5, 0.6) is 0 Å². The third-order valence-corrected chi connectivity index (χ3v) is 4.53. The Labute approximate surface area is 157 Å². The van der Waals surface area contributed by atoms with Crippen LogP contribution in [0.2, 0.25) is 0 Å². The van der Waals surface area contributed by atoms with Gasteiger partial charge in [-0.3, -0.25) is 14.9 Å². The van der Waals surface area contributed by atoms with E-state index in [4.69, 9.17) is 0 Å². The van der Waals surface area contributed by atoms with Crippen LogP contribution < -0.4 is 10.2 Å². The van der Waals surface area contributed by atoms with Crippen molar-refractivity contribution in [1.82, 2.24) is 14.9 Å². The molecule has 1 saturated heterocycles. The molecule has 1 amide bonds. The van der Waals surface area contributed by atoms with Crippen LogP contribution in [0.1, 0.15) is 12.0 Å². The summed E-state index contributed by atoms with van der Waals surface area (Å²) in [6.07, 6.45) is 3.80. The summed E-state index contributed by atoms with van der Waals surface area (Å²) in [7, 11) is 0. The molecule has 27 heavy (non-hydrogen) atoms. The smallest absolute Gasteiger partial charge is 0.272 e.